The highest BCUT2D eigenvalue weighted by Crippen LogP contribution is 2.44. The number of aliphatic hydroxyl groups is 1. The molecule has 1 heterocycles. The van der Waals surface area contributed by atoms with Crippen LogP contribution in [0.2, 0.25) is 0 Å². The number of benzene rings is 2. The maximum atomic E-state index is 11.2. The molecule has 0 saturated heterocycles. The molecular formula is C17H16N2O4S. The number of aliphatic hydroxyl groups excluding tert-OH is 1. The lowest BCUT2D eigenvalue weighted by Gasteiger charge is -2.20. The lowest BCUT2D eigenvalue weighted by molar-refractivity contribution is -0.384. The minimum atomic E-state index is -0.873. The number of likely N-dealkylation sites (N-methyl/N-ethyl adjacent to an activating group) is 1. The van der Waals surface area contributed by atoms with Crippen LogP contribution in [0, 0.1) is 10.1 Å². The summed E-state index contributed by atoms with van der Waals surface area (Å²) in [6.45, 7) is 2.72. The van der Waals surface area contributed by atoms with E-state index in [0.29, 0.717) is 11.1 Å². The fraction of sp³-hybridized carbons (Fsp3) is 0.235. The van der Waals surface area contributed by atoms with E-state index in [-0.39, 0.29) is 11.1 Å². The molecule has 1 N–H and O–H groups in total. The number of non-ortho nitro benzene ring substituents is 1. The first-order valence-corrected chi connectivity index (χ1v) is 8.38. The van der Waals surface area contributed by atoms with E-state index in [9.17, 15) is 20.0 Å². The van der Waals surface area contributed by atoms with E-state index in [4.69, 9.17) is 0 Å². The summed E-state index contributed by atoms with van der Waals surface area (Å²) in [5.41, 5.74) is 2.25. The number of aldehydes is 1. The predicted molar refractivity (Wildman–Crippen MR) is 92.3 cm³/mol. The van der Waals surface area contributed by atoms with Gasteiger partial charge < -0.3 is 14.8 Å². The Balaban J connectivity index is 1.88. The van der Waals surface area contributed by atoms with Crippen LogP contribution in [0.5, 0.6) is 0 Å². The van der Waals surface area contributed by atoms with Gasteiger partial charge in [-0.3, -0.25) is 10.1 Å². The van der Waals surface area contributed by atoms with E-state index in [2.05, 4.69) is 0 Å². The molecule has 0 aliphatic carbocycles. The van der Waals surface area contributed by atoms with E-state index in [1.807, 2.05) is 30.0 Å². The average Bonchev–Trinajstić information content (AvgIpc) is 2.97. The minimum Gasteiger partial charge on any atom is -0.384 e. The summed E-state index contributed by atoms with van der Waals surface area (Å²) in [4.78, 5) is 24.4. The highest BCUT2D eigenvalue weighted by atomic mass is 32.2. The van der Waals surface area contributed by atoms with E-state index in [0.717, 1.165) is 23.4 Å². The number of hydrogen-bond donors (Lipinski definition) is 1. The number of hydrogen-bond acceptors (Lipinski definition) is 6. The molecule has 3 rings (SSSR count). The molecule has 0 spiro atoms. The molecule has 1 aliphatic rings. The van der Waals surface area contributed by atoms with Crippen molar-refractivity contribution in [1.29, 1.82) is 0 Å². The predicted octanol–water partition coefficient (Wildman–Crippen LogP) is 3.13. The number of anilines is 1. The first kappa shape index (κ1) is 16.5. The number of thioether (sulfide) groups is 1. The molecule has 2 aromatic carbocycles. The largest absolute Gasteiger partial charge is 0.384 e. The summed E-state index contributed by atoms with van der Waals surface area (Å²) in [5.74, 6) is 0. The zero-order chi connectivity index (χ0) is 17.3. The maximum absolute atomic E-state index is 11.2. The molecule has 6 nitrogen and oxygen atoms in total. The molecule has 24 heavy (non-hydrogen) atoms. The van der Waals surface area contributed by atoms with Crippen molar-refractivity contribution < 1.29 is 14.8 Å². The number of rotatable bonds is 5. The molecular weight excluding hydrogens is 328 g/mol. The number of carbonyl (C=O) groups is 1. The lowest BCUT2D eigenvalue weighted by atomic mass is 10.0. The Hall–Kier alpha value is -2.38. The molecule has 7 heteroatoms. The molecule has 2 unspecified atom stereocenters. The molecule has 0 amide bonds. The Morgan fingerprint density at radius 3 is 2.54 bits per heavy atom. The third kappa shape index (κ3) is 2.88. The summed E-state index contributed by atoms with van der Waals surface area (Å²) in [5, 5.41) is 21.0. The fourth-order valence-electron chi connectivity index (χ4n) is 2.79. The normalized spacial score (nSPS) is 17.4. The second-order valence-corrected chi connectivity index (χ2v) is 6.57. The van der Waals surface area contributed by atoms with Gasteiger partial charge in [0, 0.05) is 23.6 Å². The van der Waals surface area contributed by atoms with Crippen LogP contribution in [-0.4, -0.2) is 28.2 Å². The van der Waals surface area contributed by atoms with Gasteiger partial charge in [0.2, 0.25) is 0 Å². The highest BCUT2D eigenvalue weighted by molar-refractivity contribution is 8.01. The third-order valence-corrected chi connectivity index (χ3v) is 5.23. The van der Waals surface area contributed by atoms with E-state index in [1.54, 1.807) is 12.1 Å². The van der Waals surface area contributed by atoms with E-state index >= 15 is 0 Å². The third-order valence-electron chi connectivity index (χ3n) is 4.04. The van der Waals surface area contributed by atoms with Gasteiger partial charge in [-0.1, -0.05) is 17.8 Å². The number of nitro groups is 1. The van der Waals surface area contributed by atoms with Gasteiger partial charge in [0.05, 0.1) is 10.6 Å². The lowest BCUT2D eigenvalue weighted by Crippen LogP contribution is -2.29. The molecule has 0 radical (unpaired) electrons. The van der Waals surface area contributed by atoms with Gasteiger partial charge in [0.25, 0.3) is 5.69 Å². The molecule has 2 aromatic rings. The van der Waals surface area contributed by atoms with Gasteiger partial charge in [-0.15, -0.1) is 0 Å². The van der Waals surface area contributed by atoms with Crippen molar-refractivity contribution in [2.45, 2.75) is 23.3 Å². The summed E-state index contributed by atoms with van der Waals surface area (Å²) < 4.78 is 0. The molecule has 0 saturated carbocycles. The Morgan fingerprint density at radius 1 is 1.29 bits per heavy atom. The first-order chi connectivity index (χ1) is 11.5. The summed E-state index contributed by atoms with van der Waals surface area (Å²) in [6, 6.07) is 11.5. The van der Waals surface area contributed by atoms with Crippen LogP contribution in [0.4, 0.5) is 11.4 Å². The Morgan fingerprint density at radius 2 is 1.96 bits per heavy atom. The van der Waals surface area contributed by atoms with Gasteiger partial charge in [-0.25, -0.2) is 0 Å². The summed E-state index contributed by atoms with van der Waals surface area (Å²) in [7, 11) is 0. The second-order valence-electron chi connectivity index (χ2n) is 5.41. The van der Waals surface area contributed by atoms with Gasteiger partial charge in [-0.2, -0.15) is 0 Å². The number of fused-ring (bicyclic) bond motifs is 1. The van der Waals surface area contributed by atoms with Crippen LogP contribution in [0.25, 0.3) is 0 Å². The van der Waals surface area contributed by atoms with Crippen LogP contribution < -0.4 is 4.90 Å². The number of carbonyl (C=O) groups excluding carboxylic acids is 1. The number of nitro benzene ring substituents is 1. The van der Waals surface area contributed by atoms with Crippen molar-refractivity contribution in [3.63, 3.8) is 0 Å². The van der Waals surface area contributed by atoms with Crippen LogP contribution >= 0.6 is 11.8 Å². The van der Waals surface area contributed by atoms with Crippen molar-refractivity contribution in [2.24, 2.45) is 0 Å². The van der Waals surface area contributed by atoms with Gasteiger partial charge in [0.1, 0.15) is 11.5 Å². The first-order valence-electron chi connectivity index (χ1n) is 7.50. The zero-order valence-corrected chi connectivity index (χ0v) is 13.8. The van der Waals surface area contributed by atoms with Gasteiger partial charge in [0.15, 0.2) is 6.29 Å². The maximum Gasteiger partial charge on any atom is 0.269 e. The Bertz CT molecular complexity index is 779. The number of nitrogens with zero attached hydrogens (tertiary/aromatic N) is 2. The zero-order valence-electron chi connectivity index (χ0n) is 13.0. The van der Waals surface area contributed by atoms with Crippen molar-refractivity contribution >= 4 is 29.4 Å². The highest BCUT2D eigenvalue weighted by Gasteiger charge is 2.29. The monoisotopic (exact) mass is 344 g/mol. The second kappa shape index (κ2) is 6.62. The Labute approximate surface area is 143 Å². The van der Waals surface area contributed by atoms with Crippen LogP contribution in [0.3, 0.4) is 0 Å². The summed E-state index contributed by atoms with van der Waals surface area (Å²) in [6.07, 6.45) is 0.0442. The SMILES string of the molecule is CCN1c2ccc(C(O)c3ccc([N+](=O)[O-])cc3)cc2SC1C=O. The fourth-order valence-corrected chi connectivity index (χ4v) is 4.00. The van der Waals surface area contributed by atoms with E-state index in [1.165, 1.54) is 23.9 Å². The average molecular weight is 344 g/mol. The molecule has 0 aromatic heterocycles. The Kier molecular flexibility index (Phi) is 4.55. The molecule has 0 fully saturated rings. The van der Waals surface area contributed by atoms with Crippen molar-refractivity contribution in [2.75, 3.05) is 11.4 Å². The van der Waals surface area contributed by atoms with Crippen molar-refractivity contribution in [1.82, 2.24) is 0 Å². The topological polar surface area (TPSA) is 83.7 Å². The van der Waals surface area contributed by atoms with Crippen molar-refractivity contribution in [3.8, 4) is 0 Å². The molecule has 0 bridgehead atoms. The molecule has 124 valence electrons. The smallest absolute Gasteiger partial charge is 0.269 e. The summed E-state index contributed by atoms with van der Waals surface area (Å²) >= 11 is 1.46. The van der Waals surface area contributed by atoms with Crippen LogP contribution in [-0.2, 0) is 4.79 Å². The molecule has 1 aliphatic heterocycles. The van der Waals surface area contributed by atoms with Gasteiger partial charge in [-0.05, 0) is 42.3 Å². The van der Waals surface area contributed by atoms with E-state index < -0.39 is 11.0 Å². The van der Waals surface area contributed by atoms with Crippen LogP contribution in [0.15, 0.2) is 47.4 Å². The minimum absolute atomic E-state index is 0.0112. The van der Waals surface area contributed by atoms with Crippen molar-refractivity contribution in [3.05, 3.63) is 63.7 Å². The molecule has 2 atom stereocenters. The standard InChI is InChI=1S/C17H16N2O4S/c1-2-18-14-8-5-12(9-15(14)24-16(18)10-20)17(21)11-3-6-13(7-4-11)19(22)23/h3-10,16-17,21H,2H2,1H3. The van der Waals surface area contributed by atoms with Crippen LogP contribution in [0.1, 0.15) is 24.2 Å². The van der Waals surface area contributed by atoms with Gasteiger partial charge >= 0.3 is 0 Å². The quantitative estimate of drug-likeness (QED) is 0.510.